The molecule has 1 fully saturated rings. The molecule has 1 aromatic rings. The van der Waals surface area contributed by atoms with Crippen LogP contribution < -0.4 is 10.6 Å². The summed E-state index contributed by atoms with van der Waals surface area (Å²) in [4.78, 5) is 33.1. The number of nitro groups is 1. The number of nitrogens with zero attached hydrogens (tertiary/aromatic N) is 1. The predicted molar refractivity (Wildman–Crippen MR) is 70.7 cm³/mol. The Bertz CT molecular complexity index is 534. The van der Waals surface area contributed by atoms with Gasteiger partial charge >= 0.3 is 0 Å². The van der Waals surface area contributed by atoms with Crippen molar-refractivity contribution in [2.45, 2.75) is 19.4 Å². The van der Waals surface area contributed by atoms with E-state index < -0.39 is 4.92 Å². The Morgan fingerprint density at radius 1 is 1.50 bits per heavy atom. The molecule has 0 spiro atoms. The number of carbonyl (C=O) groups is 2. The van der Waals surface area contributed by atoms with Crippen LogP contribution in [0.15, 0.2) is 24.3 Å². The lowest BCUT2D eigenvalue weighted by molar-refractivity contribution is -0.384. The minimum atomic E-state index is -0.470. The number of piperidine rings is 1. The first-order valence-electron chi connectivity index (χ1n) is 6.34. The van der Waals surface area contributed by atoms with Gasteiger partial charge in [0.25, 0.3) is 5.69 Å². The molecule has 2 N–H and O–H groups in total. The lowest BCUT2D eigenvalue weighted by Crippen LogP contribution is -2.42. The molecule has 1 aromatic carbocycles. The second-order valence-electron chi connectivity index (χ2n) is 4.68. The van der Waals surface area contributed by atoms with Gasteiger partial charge in [0.05, 0.1) is 10.8 Å². The number of benzene rings is 1. The molecular formula is C13H15N3O4. The van der Waals surface area contributed by atoms with Gasteiger partial charge < -0.3 is 10.6 Å². The fraction of sp³-hybridized carbons (Fsp3) is 0.385. The Morgan fingerprint density at radius 3 is 2.95 bits per heavy atom. The zero-order chi connectivity index (χ0) is 14.5. The summed E-state index contributed by atoms with van der Waals surface area (Å²) in [5.74, 6) is -0.407. The van der Waals surface area contributed by atoms with Gasteiger partial charge in [-0.2, -0.15) is 0 Å². The molecule has 0 aromatic heterocycles. The van der Waals surface area contributed by atoms with Crippen LogP contribution in [0.1, 0.15) is 18.4 Å². The molecule has 1 heterocycles. The third-order valence-electron chi connectivity index (χ3n) is 3.22. The van der Waals surface area contributed by atoms with Gasteiger partial charge in [0.2, 0.25) is 11.8 Å². The molecular weight excluding hydrogens is 262 g/mol. The van der Waals surface area contributed by atoms with Crippen molar-refractivity contribution in [2.24, 2.45) is 5.92 Å². The van der Waals surface area contributed by atoms with E-state index in [9.17, 15) is 19.7 Å². The number of hydrogen-bond acceptors (Lipinski definition) is 4. The van der Waals surface area contributed by atoms with Crippen molar-refractivity contribution in [3.63, 3.8) is 0 Å². The molecule has 7 nitrogen and oxygen atoms in total. The van der Waals surface area contributed by atoms with Crippen LogP contribution in [0, 0.1) is 16.0 Å². The molecule has 1 aliphatic rings. The van der Waals surface area contributed by atoms with E-state index >= 15 is 0 Å². The van der Waals surface area contributed by atoms with Crippen LogP contribution in [0.2, 0.25) is 0 Å². The highest BCUT2D eigenvalue weighted by molar-refractivity contribution is 5.83. The second kappa shape index (κ2) is 6.14. The van der Waals surface area contributed by atoms with Crippen molar-refractivity contribution in [3.8, 4) is 0 Å². The van der Waals surface area contributed by atoms with Crippen molar-refractivity contribution >= 4 is 17.5 Å². The smallest absolute Gasteiger partial charge is 0.269 e. The van der Waals surface area contributed by atoms with Gasteiger partial charge in [-0.15, -0.1) is 0 Å². The maximum absolute atomic E-state index is 11.9. The van der Waals surface area contributed by atoms with Crippen LogP contribution in [0.5, 0.6) is 0 Å². The summed E-state index contributed by atoms with van der Waals surface area (Å²) >= 11 is 0. The van der Waals surface area contributed by atoms with E-state index in [1.165, 1.54) is 12.1 Å². The largest absolute Gasteiger partial charge is 0.355 e. The molecule has 2 amide bonds. The third-order valence-corrected chi connectivity index (χ3v) is 3.22. The lowest BCUT2D eigenvalue weighted by atomic mass is 9.98. The first-order valence-corrected chi connectivity index (χ1v) is 6.34. The van der Waals surface area contributed by atoms with Crippen LogP contribution in [0.3, 0.4) is 0 Å². The lowest BCUT2D eigenvalue weighted by Gasteiger charge is -2.21. The zero-order valence-corrected chi connectivity index (χ0v) is 10.8. The predicted octanol–water partition coefficient (Wildman–Crippen LogP) is 0.737. The number of amides is 2. The highest BCUT2D eigenvalue weighted by Gasteiger charge is 2.24. The van der Waals surface area contributed by atoms with Crippen LogP contribution in [0.4, 0.5) is 5.69 Å². The molecule has 7 heteroatoms. The number of hydrogen-bond donors (Lipinski definition) is 2. The molecule has 0 aliphatic carbocycles. The Labute approximate surface area is 115 Å². The molecule has 1 saturated heterocycles. The highest BCUT2D eigenvalue weighted by atomic mass is 16.6. The van der Waals surface area contributed by atoms with Crippen molar-refractivity contribution in [1.29, 1.82) is 0 Å². The van der Waals surface area contributed by atoms with Crippen LogP contribution in [0.25, 0.3) is 0 Å². The van der Waals surface area contributed by atoms with Crippen LogP contribution in [-0.4, -0.2) is 23.3 Å². The summed E-state index contributed by atoms with van der Waals surface area (Å²) in [7, 11) is 0. The Kier molecular flexibility index (Phi) is 4.29. The summed E-state index contributed by atoms with van der Waals surface area (Å²) in [6.45, 7) is 0.588. The number of rotatable bonds is 4. The number of nitro benzene ring substituents is 1. The Hall–Kier alpha value is -2.44. The first kappa shape index (κ1) is 14.0. The maximum atomic E-state index is 11.9. The number of non-ortho nitro benzene ring substituents is 1. The number of carbonyl (C=O) groups excluding carboxylic acids is 2. The van der Waals surface area contributed by atoms with Crippen molar-refractivity contribution in [2.75, 3.05) is 6.54 Å². The molecule has 1 atom stereocenters. The molecule has 20 heavy (non-hydrogen) atoms. The van der Waals surface area contributed by atoms with E-state index in [2.05, 4.69) is 10.6 Å². The first-order chi connectivity index (χ1) is 9.56. The molecule has 0 bridgehead atoms. The third kappa shape index (κ3) is 3.53. The minimum Gasteiger partial charge on any atom is -0.355 e. The molecule has 0 radical (unpaired) electrons. The average Bonchev–Trinajstić information content (AvgIpc) is 2.46. The fourth-order valence-corrected chi connectivity index (χ4v) is 2.07. The van der Waals surface area contributed by atoms with Crippen molar-refractivity contribution in [1.82, 2.24) is 10.6 Å². The van der Waals surface area contributed by atoms with Gasteiger partial charge in [0, 0.05) is 31.6 Å². The quantitative estimate of drug-likeness (QED) is 0.626. The van der Waals surface area contributed by atoms with Gasteiger partial charge in [0.15, 0.2) is 0 Å². The summed E-state index contributed by atoms with van der Waals surface area (Å²) in [6.07, 6.45) is 0.890. The van der Waals surface area contributed by atoms with Gasteiger partial charge in [-0.05, 0) is 12.0 Å². The van der Waals surface area contributed by atoms with Gasteiger partial charge in [-0.3, -0.25) is 19.7 Å². The standard InChI is InChI=1S/C13H15N3O4/c17-12-5-4-10(8-14-12)13(18)15-7-9-2-1-3-11(6-9)16(19)20/h1-3,6,10H,4-5,7-8H2,(H,14,17)(H,15,18). The zero-order valence-electron chi connectivity index (χ0n) is 10.8. The van der Waals surface area contributed by atoms with Gasteiger partial charge in [-0.1, -0.05) is 12.1 Å². The van der Waals surface area contributed by atoms with E-state index in [-0.39, 0.29) is 30.0 Å². The fourth-order valence-electron chi connectivity index (χ4n) is 2.07. The van der Waals surface area contributed by atoms with Crippen LogP contribution in [-0.2, 0) is 16.1 Å². The van der Waals surface area contributed by atoms with Crippen molar-refractivity contribution < 1.29 is 14.5 Å². The minimum absolute atomic E-state index is 0.00155. The normalized spacial score (nSPS) is 18.2. The van der Waals surface area contributed by atoms with E-state index in [4.69, 9.17) is 0 Å². The summed E-state index contributed by atoms with van der Waals surface area (Å²) < 4.78 is 0. The maximum Gasteiger partial charge on any atom is 0.269 e. The summed E-state index contributed by atoms with van der Waals surface area (Å²) in [5, 5.41) is 16.0. The van der Waals surface area contributed by atoms with Gasteiger partial charge in [-0.25, -0.2) is 0 Å². The second-order valence-corrected chi connectivity index (χ2v) is 4.68. The number of nitrogens with one attached hydrogen (secondary N) is 2. The Balaban J connectivity index is 1.88. The molecule has 0 saturated carbocycles. The van der Waals surface area contributed by atoms with Crippen LogP contribution >= 0.6 is 0 Å². The molecule has 2 rings (SSSR count). The summed E-state index contributed by atoms with van der Waals surface area (Å²) in [5.41, 5.74) is 0.675. The van der Waals surface area contributed by atoms with Crippen molar-refractivity contribution in [3.05, 3.63) is 39.9 Å². The van der Waals surface area contributed by atoms with E-state index in [0.29, 0.717) is 24.9 Å². The van der Waals surface area contributed by atoms with E-state index in [0.717, 1.165) is 0 Å². The van der Waals surface area contributed by atoms with E-state index in [1.807, 2.05) is 0 Å². The monoisotopic (exact) mass is 277 g/mol. The van der Waals surface area contributed by atoms with E-state index in [1.54, 1.807) is 12.1 Å². The average molecular weight is 277 g/mol. The molecule has 1 aliphatic heterocycles. The summed E-state index contributed by atoms with van der Waals surface area (Å²) in [6, 6.07) is 6.14. The molecule has 106 valence electrons. The Morgan fingerprint density at radius 2 is 2.30 bits per heavy atom. The molecule has 1 unspecified atom stereocenters. The highest BCUT2D eigenvalue weighted by Crippen LogP contribution is 2.14. The SMILES string of the molecule is O=C1CCC(C(=O)NCc2cccc([N+](=O)[O-])c2)CN1. The van der Waals surface area contributed by atoms with Gasteiger partial charge in [0.1, 0.15) is 0 Å². The topological polar surface area (TPSA) is 101 Å².